The minimum absolute atomic E-state index is 0.00823. The van der Waals surface area contributed by atoms with Crippen molar-refractivity contribution in [2.75, 3.05) is 0 Å². The number of rotatable bonds is 1. The smallest absolute Gasteiger partial charge is 0.415 e. The molecule has 5 rings (SSSR count). The maximum absolute atomic E-state index is 12.6. The predicted octanol–water partition coefficient (Wildman–Crippen LogP) is 4.82. The van der Waals surface area contributed by atoms with E-state index in [-0.39, 0.29) is 18.1 Å². The van der Waals surface area contributed by atoms with Gasteiger partial charge in [0.25, 0.3) is 0 Å². The number of allylic oxidation sites excluding steroid dienone is 3. The standard InChI is InChI=1S/C22H17NO2/c1-2-25-22(24)23-13-20-16-8-4-3-6-14(16)10-11-18(20)19-12-15-7-5-9-17(15)21(19)23/h2-12,19,21H,1,13H2. The van der Waals surface area contributed by atoms with Crippen molar-refractivity contribution >= 4 is 16.9 Å². The summed E-state index contributed by atoms with van der Waals surface area (Å²) < 4.78 is 5.15. The minimum Gasteiger partial charge on any atom is -0.419 e. The first kappa shape index (κ1) is 14.3. The summed E-state index contributed by atoms with van der Waals surface area (Å²) in [5, 5.41) is 2.40. The van der Waals surface area contributed by atoms with E-state index < -0.39 is 0 Å². The normalized spacial score (nSPS) is 22.8. The molecule has 3 aliphatic rings. The van der Waals surface area contributed by atoms with Gasteiger partial charge in [-0.1, -0.05) is 67.3 Å². The van der Waals surface area contributed by atoms with E-state index in [2.05, 4.69) is 49.1 Å². The zero-order chi connectivity index (χ0) is 17.0. The van der Waals surface area contributed by atoms with Crippen LogP contribution in [0.1, 0.15) is 17.0 Å². The zero-order valence-electron chi connectivity index (χ0n) is 13.7. The van der Waals surface area contributed by atoms with Crippen molar-refractivity contribution < 1.29 is 9.53 Å². The first-order valence-electron chi connectivity index (χ1n) is 8.47. The lowest BCUT2D eigenvalue weighted by molar-refractivity contribution is 0.115. The molecule has 2 aromatic carbocycles. The summed E-state index contributed by atoms with van der Waals surface area (Å²) in [6.45, 7) is 4.08. The molecule has 2 aromatic rings. The highest BCUT2D eigenvalue weighted by Crippen LogP contribution is 2.48. The summed E-state index contributed by atoms with van der Waals surface area (Å²) in [4.78, 5) is 14.5. The maximum atomic E-state index is 12.6. The van der Waals surface area contributed by atoms with Crippen LogP contribution >= 0.6 is 0 Å². The SMILES string of the molecule is C=COC(=O)N1Cc2c(ccc3ccccc23)C2C=C3C=CC=C3C21. The van der Waals surface area contributed by atoms with E-state index in [4.69, 9.17) is 4.74 Å². The van der Waals surface area contributed by atoms with Crippen molar-refractivity contribution in [3.05, 3.63) is 95.8 Å². The van der Waals surface area contributed by atoms with Crippen molar-refractivity contribution in [2.24, 2.45) is 0 Å². The Morgan fingerprint density at radius 2 is 2.12 bits per heavy atom. The van der Waals surface area contributed by atoms with Crippen molar-refractivity contribution in [2.45, 2.75) is 18.5 Å². The van der Waals surface area contributed by atoms with Gasteiger partial charge in [0.15, 0.2) is 0 Å². The van der Waals surface area contributed by atoms with E-state index in [1.807, 2.05) is 23.1 Å². The summed E-state index contributed by atoms with van der Waals surface area (Å²) in [6, 6.07) is 12.7. The van der Waals surface area contributed by atoms with Crippen LogP contribution in [0.2, 0.25) is 0 Å². The Kier molecular flexibility index (Phi) is 2.98. The van der Waals surface area contributed by atoms with Crippen LogP contribution < -0.4 is 0 Å². The van der Waals surface area contributed by atoms with E-state index in [1.54, 1.807) is 0 Å². The predicted molar refractivity (Wildman–Crippen MR) is 98.0 cm³/mol. The number of benzene rings is 2. The molecule has 3 nitrogen and oxygen atoms in total. The molecule has 1 heterocycles. The monoisotopic (exact) mass is 327 g/mol. The molecule has 0 spiro atoms. The molecule has 0 bridgehead atoms. The second kappa shape index (κ2) is 5.21. The molecule has 0 radical (unpaired) electrons. The highest BCUT2D eigenvalue weighted by Gasteiger charge is 2.44. The lowest BCUT2D eigenvalue weighted by atomic mass is 9.82. The van der Waals surface area contributed by atoms with E-state index >= 15 is 0 Å². The Hall–Kier alpha value is -3.07. The molecule has 2 unspecified atom stereocenters. The molecule has 3 heteroatoms. The maximum Gasteiger partial charge on any atom is 0.415 e. The fourth-order valence-electron chi connectivity index (χ4n) is 4.40. The number of amides is 1. The molecule has 1 aliphatic heterocycles. The van der Waals surface area contributed by atoms with Gasteiger partial charge in [-0.3, -0.25) is 4.90 Å². The molecule has 0 N–H and O–H groups in total. The van der Waals surface area contributed by atoms with Crippen LogP contribution in [0.3, 0.4) is 0 Å². The molecule has 122 valence electrons. The number of carbonyl (C=O) groups excluding carboxylic acids is 1. The van der Waals surface area contributed by atoms with Crippen LogP contribution in [-0.2, 0) is 11.3 Å². The first-order chi connectivity index (χ1) is 12.3. The van der Waals surface area contributed by atoms with Crippen molar-refractivity contribution in [3.63, 3.8) is 0 Å². The Balaban J connectivity index is 1.72. The number of hydrogen-bond donors (Lipinski definition) is 0. The van der Waals surface area contributed by atoms with Crippen LogP contribution in [0.15, 0.2) is 84.7 Å². The van der Waals surface area contributed by atoms with Crippen molar-refractivity contribution in [1.29, 1.82) is 0 Å². The Morgan fingerprint density at radius 3 is 3.00 bits per heavy atom. The highest BCUT2D eigenvalue weighted by atomic mass is 16.5. The van der Waals surface area contributed by atoms with Gasteiger partial charge in [0.2, 0.25) is 0 Å². The van der Waals surface area contributed by atoms with Gasteiger partial charge in [0, 0.05) is 5.92 Å². The van der Waals surface area contributed by atoms with E-state index in [0.717, 1.165) is 0 Å². The van der Waals surface area contributed by atoms with Crippen LogP contribution in [-0.4, -0.2) is 17.0 Å². The molecule has 0 fully saturated rings. The minimum atomic E-state index is -0.342. The molecule has 0 saturated heterocycles. The fraction of sp³-hybridized carbons (Fsp3) is 0.136. The van der Waals surface area contributed by atoms with E-state index in [0.29, 0.717) is 6.54 Å². The Bertz CT molecular complexity index is 1010. The van der Waals surface area contributed by atoms with E-state index in [9.17, 15) is 4.79 Å². The summed E-state index contributed by atoms with van der Waals surface area (Å²) in [5.41, 5.74) is 4.93. The third-order valence-corrected chi connectivity index (χ3v) is 5.42. The average molecular weight is 327 g/mol. The van der Waals surface area contributed by atoms with Gasteiger partial charge in [-0.15, -0.1) is 0 Å². The summed E-state index contributed by atoms with van der Waals surface area (Å²) >= 11 is 0. The molecule has 2 atom stereocenters. The van der Waals surface area contributed by atoms with Crippen molar-refractivity contribution in [3.8, 4) is 0 Å². The van der Waals surface area contributed by atoms with Gasteiger partial charge in [-0.25, -0.2) is 4.79 Å². The topological polar surface area (TPSA) is 29.5 Å². The highest BCUT2D eigenvalue weighted by molar-refractivity contribution is 5.88. The van der Waals surface area contributed by atoms with Crippen LogP contribution in [0.25, 0.3) is 10.8 Å². The van der Waals surface area contributed by atoms with Crippen LogP contribution in [0, 0.1) is 0 Å². The lowest BCUT2D eigenvalue weighted by Crippen LogP contribution is -2.45. The lowest BCUT2D eigenvalue weighted by Gasteiger charge is -2.39. The molecular weight excluding hydrogens is 310 g/mol. The molecular formula is C22H17NO2. The van der Waals surface area contributed by atoms with Crippen LogP contribution in [0.4, 0.5) is 4.79 Å². The number of fused-ring (bicyclic) bond motifs is 7. The van der Waals surface area contributed by atoms with Gasteiger partial charge < -0.3 is 4.74 Å². The average Bonchev–Trinajstić information content (AvgIpc) is 3.22. The quantitative estimate of drug-likeness (QED) is 0.703. The van der Waals surface area contributed by atoms with Gasteiger partial charge in [-0.2, -0.15) is 0 Å². The van der Waals surface area contributed by atoms with Gasteiger partial charge >= 0.3 is 6.09 Å². The molecule has 2 aliphatic carbocycles. The van der Waals surface area contributed by atoms with Crippen LogP contribution in [0.5, 0.6) is 0 Å². The number of carbonyl (C=O) groups is 1. The first-order valence-corrected chi connectivity index (χ1v) is 8.47. The van der Waals surface area contributed by atoms with E-state index in [1.165, 1.54) is 39.3 Å². The molecule has 25 heavy (non-hydrogen) atoms. The van der Waals surface area contributed by atoms with Gasteiger partial charge in [0.1, 0.15) is 0 Å². The number of hydrogen-bond acceptors (Lipinski definition) is 2. The second-order valence-corrected chi connectivity index (χ2v) is 6.61. The Morgan fingerprint density at radius 1 is 1.24 bits per heavy atom. The van der Waals surface area contributed by atoms with Crippen molar-refractivity contribution in [1.82, 2.24) is 4.90 Å². The second-order valence-electron chi connectivity index (χ2n) is 6.61. The summed E-state index contributed by atoms with van der Waals surface area (Å²) in [6.07, 6.45) is 9.42. The zero-order valence-corrected chi connectivity index (χ0v) is 13.7. The molecule has 0 saturated carbocycles. The summed E-state index contributed by atoms with van der Waals surface area (Å²) in [7, 11) is 0. The third-order valence-electron chi connectivity index (χ3n) is 5.42. The largest absolute Gasteiger partial charge is 0.419 e. The molecule has 0 aromatic heterocycles. The van der Waals surface area contributed by atoms with Gasteiger partial charge in [0.05, 0.1) is 18.8 Å². The fourth-order valence-corrected chi connectivity index (χ4v) is 4.40. The summed E-state index contributed by atoms with van der Waals surface area (Å²) in [5.74, 6) is 0.164. The number of ether oxygens (including phenoxy) is 1. The third kappa shape index (κ3) is 1.96. The Labute approximate surface area is 146 Å². The molecule has 1 amide bonds. The van der Waals surface area contributed by atoms with Gasteiger partial charge in [-0.05, 0) is 33.0 Å². The number of nitrogens with zero attached hydrogens (tertiary/aromatic N) is 1.